The number of carbonyl (C=O) groups is 1. The van der Waals surface area contributed by atoms with E-state index in [9.17, 15) is 13.6 Å². The van der Waals surface area contributed by atoms with E-state index in [1.807, 2.05) is 42.5 Å². The second-order valence-corrected chi connectivity index (χ2v) is 8.44. The van der Waals surface area contributed by atoms with E-state index in [2.05, 4.69) is 26.2 Å². The molecule has 1 aromatic heterocycles. The maximum absolute atomic E-state index is 13.5. The minimum atomic E-state index is -1.07. The Bertz CT molecular complexity index is 1410. The molecule has 0 unspecified atom stereocenters. The molecule has 2 heterocycles. The molecule has 1 N–H and O–H groups in total. The summed E-state index contributed by atoms with van der Waals surface area (Å²) in [6, 6.07) is 18.8. The molecule has 1 saturated heterocycles. The van der Waals surface area contributed by atoms with E-state index in [1.54, 1.807) is 7.11 Å². The Kier molecular flexibility index (Phi) is 6.62. The van der Waals surface area contributed by atoms with Gasteiger partial charge in [0.1, 0.15) is 11.6 Å². The van der Waals surface area contributed by atoms with E-state index >= 15 is 0 Å². The molecule has 4 aromatic rings. The van der Waals surface area contributed by atoms with Crippen LogP contribution in [0.3, 0.4) is 0 Å². The number of halogens is 2. The van der Waals surface area contributed by atoms with Crippen molar-refractivity contribution >= 4 is 28.3 Å². The smallest absolute Gasteiger partial charge is 0.251 e. The number of hydrogen-bond donors (Lipinski definition) is 1. The Labute approximate surface area is 207 Å². The van der Waals surface area contributed by atoms with E-state index in [0.717, 1.165) is 66.5 Å². The summed E-state index contributed by atoms with van der Waals surface area (Å²) in [5.74, 6) is -0.515. The number of aromatic nitrogens is 2. The van der Waals surface area contributed by atoms with Gasteiger partial charge in [0.2, 0.25) is 0 Å². The van der Waals surface area contributed by atoms with Gasteiger partial charge in [0.15, 0.2) is 17.5 Å². The van der Waals surface area contributed by atoms with Crippen LogP contribution in [0, 0.1) is 11.6 Å². The molecule has 0 aliphatic carbocycles. The number of ether oxygens (including phenoxy) is 1. The van der Waals surface area contributed by atoms with Gasteiger partial charge in [-0.1, -0.05) is 24.3 Å². The van der Waals surface area contributed by atoms with Gasteiger partial charge in [0.25, 0.3) is 5.91 Å². The number of amides is 1. The third-order valence-electron chi connectivity index (χ3n) is 6.22. The molecule has 1 amide bonds. The number of nitrogens with one attached hydrogen (secondary N) is 1. The highest BCUT2D eigenvalue weighted by Gasteiger charge is 2.23. The highest BCUT2D eigenvalue weighted by molar-refractivity contribution is 5.94. The Morgan fingerprint density at radius 2 is 1.64 bits per heavy atom. The van der Waals surface area contributed by atoms with Gasteiger partial charge in [-0.05, 0) is 42.5 Å². The van der Waals surface area contributed by atoms with Gasteiger partial charge in [-0.3, -0.25) is 4.79 Å². The van der Waals surface area contributed by atoms with Gasteiger partial charge < -0.3 is 19.9 Å². The van der Waals surface area contributed by atoms with Crippen molar-refractivity contribution in [3.8, 4) is 5.75 Å². The molecular formula is C27H25F2N5O2. The van der Waals surface area contributed by atoms with Gasteiger partial charge in [0.05, 0.1) is 24.9 Å². The predicted molar refractivity (Wildman–Crippen MR) is 134 cm³/mol. The van der Waals surface area contributed by atoms with E-state index in [0.29, 0.717) is 5.82 Å². The number of piperazine rings is 1. The number of hydrogen-bond acceptors (Lipinski definition) is 6. The molecular weight excluding hydrogens is 464 g/mol. The van der Waals surface area contributed by atoms with Gasteiger partial charge in [0, 0.05) is 37.1 Å². The molecule has 36 heavy (non-hydrogen) atoms. The molecule has 1 aliphatic rings. The highest BCUT2D eigenvalue weighted by atomic mass is 19.2. The van der Waals surface area contributed by atoms with E-state index in [4.69, 9.17) is 9.72 Å². The number of benzene rings is 3. The SMILES string of the molecule is COc1ccccc1N1CCN(c2nc(CNC(=O)c3ccc(F)c(F)c3)nc3ccccc23)CC1. The summed E-state index contributed by atoms with van der Waals surface area (Å²) in [5, 5.41) is 3.63. The van der Waals surface area contributed by atoms with E-state index in [1.165, 1.54) is 6.07 Å². The molecule has 0 atom stereocenters. The van der Waals surface area contributed by atoms with Crippen molar-refractivity contribution in [3.63, 3.8) is 0 Å². The first-order chi connectivity index (χ1) is 17.5. The minimum absolute atomic E-state index is 0.0300. The van der Waals surface area contributed by atoms with Crippen LogP contribution in [0.5, 0.6) is 5.75 Å². The minimum Gasteiger partial charge on any atom is -0.495 e. The molecule has 0 bridgehead atoms. The molecule has 0 spiro atoms. The summed E-state index contributed by atoms with van der Waals surface area (Å²) >= 11 is 0. The van der Waals surface area contributed by atoms with Gasteiger partial charge in [-0.15, -0.1) is 0 Å². The molecule has 7 nitrogen and oxygen atoms in total. The van der Waals surface area contributed by atoms with E-state index < -0.39 is 17.5 Å². The molecule has 0 saturated carbocycles. The second kappa shape index (κ2) is 10.2. The maximum atomic E-state index is 13.5. The standard InChI is InChI=1S/C27H25F2N5O2/c1-36-24-9-5-4-8-23(24)33-12-14-34(15-13-33)26-19-6-2-3-7-22(19)31-25(32-26)17-30-27(35)18-10-11-20(28)21(29)16-18/h2-11,16H,12-15,17H2,1H3,(H,30,35). The lowest BCUT2D eigenvalue weighted by Gasteiger charge is -2.37. The van der Waals surface area contributed by atoms with Crippen LogP contribution in [0.25, 0.3) is 10.9 Å². The number of anilines is 2. The van der Waals surface area contributed by atoms with Crippen LogP contribution in [0.2, 0.25) is 0 Å². The van der Waals surface area contributed by atoms with Crippen LogP contribution in [-0.4, -0.2) is 49.2 Å². The normalized spacial score (nSPS) is 13.6. The molecule has 1 fully saturated rings. The lowest BCUT2D eigenvalue weighted by atomic mass is 10.2. The zero-order valence-corrected chi connectivity index (χ0v) is 19.7. The van der Waals surface area contributed by atoms with Crippen LogP contribution < -0.4 is 19.9 Å². The Morgan fingerprint density at radius 1 is 0.917 bits per heavy atom. The van der Waals surface area contributed by atoms with Crippen molar-refractivity contribution in [1.29, 1.82) is 0 Å². The van der Waals surface area contributed by atoms with Crippen molar-refractivity contribution in [2.24, 2.45) is 0 Å². The van der Waals surface area contributed by atoms with Crippen LogP contribution in [0.4, 0.5) is 20.3 Å². The maximum Gasteiger partial charge on any atom is 0.251 e. The number of para-hydroxylation sites is 3. The number of carbonyl (C=O) groups excluding carboxylic acids is 1. The summed E-state index contributed by atoms with van der Waals surface area (Å²) in [6.45, 7) is 3.14. The molecule has 1 aliphatic heterocycles. The van der Waals surface area contributed by atoms with Crippen LogP contribution in [0.15, 0.2) is 66.7 Å². The Hall–Kier alpha value is -4.27. The third-order valence-corrected chi connectivity index (χ3v) is 6.22. The van der Waals surface area contributed by atoms with Crippen LogP contribution in [0.1, 0.15) is 16.2 Å². The fourth-order valence-electron chi connectivity index (χ4n) is 4.38. The van der Waals surface area contributed by atoms with Crippen molar-refractivity contribution in [2.75, 3.05) is 43.1 Å². The highest BCUT2D eigenvalue weighted by Crippen LogP contribution is 2.30. The summed E-state index contributed by atoms with van der Waals surface area (Å²) in [7, 11) is 1.68. The Morgan fingerprint density at radius 3 is 2.42 bits per heavy atom. The average molecular weight is 490 g/mol. The number of methoxy groups -OCH3 is 1. The first-order valence-corrected chi connectivity index (χ1v) is 11.7. The summed E-state index contributed by atoms with van der Waals surface area (Å²) < 4.78 is 32.2. The van der Waals surface area contributed by atoms with Crippen molar-refractivity contribution in [3.05, 3.63) is 89.8 Å². The fourth-order valence-corrected chi connectivity index (χ4v) is 4.38. The van der Waals surface area contributed by atoms with Crippen LogP contribution in [-0.2, 0) is 6.54 Å². The summed E-state index contributed by atoms with van der Waals surface area (Å²) in [6.07, 6.45) is 0. The summed E-state index contributed by atoms with van der Waals surface area (Å²) in [4.78, 5) is 26.4. The third kappa shape index (κ3) is 4.77. The molecule has 0 radical (unpaired) electrons. The number of nitrogens with zero attached hydrogens (tertiary/aromatic N) is 4. The fraction of sp³-hybridized carbons (Fsp3) is 0.222. The van der Waals surface area contributed by atoms with Gasteiger partial charge in [-0.25, -0.2) is 18.7 Å². The van der Waals surface area contributed by atoms with Crippen molar-refractivity contribution in [1.82, 2.24) is 15.3 Å². The molecule has 5 rings (SSSR count). The summed E-state index contributed by atoms with van der Waals surface area (Å²) in [5.41, 5.74) is 1.86. The predicted octanol–water partition coefficient (Wildman–Crippen LogP) is 4.17. The van der Waals surface area contributed by atoms with Crippen molar-refractivity contribution in [2.45, 2.75) is 6.54 Å². The quantitative estimate of drug-likeness (QED) is 0.438. The average Bonchev–Trinajstić information content (AvgIpc) is 2.92. The second-order valence-electron chi connectivity index (χ2n) is 8.44. The van der Waals surface area contributed by atoms with Gasteiger partial charge >= 0.3 is 0 Å². The first kappa shape index (κ1) is 23.5. The van der Waals surface area contributed by atoms with Gasteiger partial charge in [-0.2, -0.15) is 0 Å². The first-order valence-electron chi connectivity index (χ1n) is 11.7. The zero-order valence-electron chi connectivity index (χ0n) is 19.7. The lowest BCUT2D eigenvalue weighted by Crippen LogP contribution is -2.47. The topological polar surface area (TPSA) is 70.6 Å². The lowest BCUT2D eigenvalue weighted by molar-refractivity contribution is 0.0949. The van der Waals surface area contributed by atoms with Crippen molar-refractivity contribution < 1.29 is 18.3 Å². The Balaban J connectivity index is 1.34. The molecule has 9 heteroatoms. The van der Waals surface area contributed by atoms with E-state index in [-0.39, 0.29) is 12.1 Å². The molecule has 3 aromatic carbocycles. The number of rotatable bonds is 6. The zero-order chi connectivity index (χ0) is 25.1. The molecule has 184 valence electrons. The number of fused-ring (bicyclic) bond motifs is 1. The van der Waals surface area contributed by atoms with Crippen LogP contribution >= 0.6 is 0 Å². The largest absolute Gasteiger partial charge is 0.495 e. The monoisotopic (exact) mass is 489 g/mol.